The number of hydrogen-bond acceptors (Lipinski definition) is 2. The van der Waals surface area contributed by atoms with Crippen LogP contribution >= 0.6 is 0 Å². The molecule has 1 aromatic heterocycles. The molecule has 0 amide bonds. The van der Waals surface area contributed by atoms with Crippen molar-refractivity contribution in [2.45, 2.75) is 44.7 Å². The average molecular weight is 381 g/mol. The first kappa shape index (κ1) is 18.7. The number of benzene rings is 1. The van der Waals surface area contributed by atoms with Gasteiger partial charge in [-0.2, -0.15) is 5.26 Å². The molecule has 1 aliphatic heterocycles. The van der Waals surface area contributed by atoms with E-state index in [1.807, 2.05) is 37.3 Å². The lowest BCUT2D eigenvalue weighted by molar-refractivity contribution is 0.211. The van der Waals surface area contributed by atoms with E-state index in [1.54, 1.807) is 4.90 Å². The zero-order chi connectivity index (χ0) is 19.7. The van der Waals surface area contributed by atoms with E-state index in [1.165, 1.54) is 0 Å². The highest BCUT2D eigenvalue weighted by Crippen LogP contribution is 2.41. The van der Waals surface area contributed by atoms with Gasteiger partial charge in [0.05, 0.1) is 28.5 Å². The van der Waals surface area contributed by atoms with Crippen LogP contribution in [0.5, 0.6) is 0 Å². The standard InChI is InChI=1S/C23H25F2N3/c1-16-9-10-19-20(15-26)23(28(22(19)12-16)17-6-2-3-7-17)21-8-4-5-11-27(21)18(13-24)14-25/h4-5,8-10,12,17-18H,2-3,6-7,11,13-14H2,1H3. The second-order valence-electron chi connectivity index (χ2n) is 7.76. The fourth-order valence-corrected chi connectivity index (χ4v) is 4.62. The third-order valence-electron chi connectivity index (χ3n) is 6.00. The fourth-order valence-electron chi connectivity index (χ4n) is 4.62. The minimum absolute atomic E-state index is 0.309. The molecular formula is C23H25F2N3. The van der Waals surface area contributed by atoms with Gasteiger partial charge in [0, 0.05) is 18.0 Å². The Balaban J connectivity index is 1.99. The lowest BCUT2D eigenvalue weighted by Gasteiger charge is -2.34. The Labute approximate surface area is 164 Å². The highest BCUT2D eigenvalue weighted by Gasteiger charge is 2.31. The van der Waals surface area contributed by atoms with Crippen molar-refractivity contribution in [1.82, 2.24) is 9.47 Å². The van der Waals surface area contributed by atoms with Crippen molar-refractivity contribution >= 4 is 16.6 Å². The summed E-state index contributed by atoms with van der Waals surface area (Å²) < 4.78 is 29.4. The van der Waals surface area contributed by atoms with E-state index in [-0.39, 0.29) is 0 Å². The van der Waals surface area contributed by atoms with Crippen molar-refractivity contribution in [3.63, 3.8) is 0 Å². The summed E-state index contributed by atoms with van der Waals surface area (Å²) in [6.45, 7) is 0.980. The molecule has 2 heterocycles. The molecule has 1 aliphatic carbocycles. The Bertz CT molecular complexity index is 970. The first-order valence-corrected chi connectivity index (χ1v) is 10.00. The van der Waals surface area contributed by atoms with Gasteiger partial charge in [-0.15, -0.1) is 0 Å². The number of halogens is 2. The molecule has 1 fully saturated rings. The molecule has 146 valence electrons. The third-order valence-corrected chi connectivity index (χ3v) is 6.00. The van der Waals surface area contributed by atoms with Crippen LogP contribution in [0.1, 0.15) is 48.5 Å². The molecule has 4 rings (SSSR count). The monoisotopic (exact) mass is 381 g/mol. The maximum atomic E-state index is 13.6. The van der Waals surface area contributed by atoms with E-state index >= 15 is 0 Å². The van der Waals surface area contributed by atoms with Crippen LogP contribution in [-0.2, 0) is 0 Å². The topological polar surface area (TPSA) is 32.0 Å². The molecule has 0 radical (unpaired) electrons. The molecule has 2 aromatic rings. The summed E-state index contributed by atoms with van der Waals surface area (Å²) in [6, 6.07) is 8.02. The number of allylic oxidation sites excluding steroid dienone is 2. The van der Waals surface area contributed by atoms with E-state index in [4.69, 9.17) is 0 Å². The molecule has 0 saturated heterocycles. The number of aromatic nitrogens is 1. The molecule has 0 spiro atoms. The zero-order valence-corrected chi connectivity index (χ0v) is 16.2. The Morgan fingerprint density at radius 1 is 1.21 bits per heavy atom. The molecule has 1 saturated carbocycles. The van der Waals surface area contributed by atoms with Crippen LogP contribution < -0.4 is 0 Å². The smallest absolute Gasteiger partial charge is 0.112 e. The number of hydrogen-bond donors (Lipinski definition) is 0. The normalized spacial score (nSPS) is 17.5. The van der Waals surface area contributed by atoms with Crippen LogP contribution in [0, 0.1) is 18.3 Å². The van der Waals surface area contributed by atoms with Crippen LogP contribution in [0.3, 0.4) is 0 Å². The number of nitrogens with zero attached hydrogens (tertiary/aromatic N) is 3. The lowest BCUT2D eigenvalue weighted by Crippen LogP contribution is -2.39. The summed E-state index contributed by atoms with van der Waals surface area (Å²) in [6.07, 6.45) is 10.2. The Kier molecular flexibility index (Phi) is 5.21. The van der Waals surface area contributed by atoms with Crippen molar-refractivity contribution in [3.05, 3.63) is 53.2 Å². The average Bonchev–Trinajstić information content (AvgIpc) is 3.34. The van der Waals surface area contributed by atoms with Crippen molar-refractivity contribution in [2.24, 2.45) is 0 Å². The summed E-state index contributed by atoms with van der Waals surface area (Å²) in [5.74, 6) is 0. The minimum atomic E-state index is -0.834. The molecule has 1 aromatic carbocycles. The summed E-state index contributed by atoms with van der Waals surface area (Å²) in [7, 11) is 0. The van der Waals surface area contributed by atoms with Gasteiger partial charge < -0.3 is 9.47 Å². The van der Waals surface area contributed by atoms with Crippen LogP contribution in [-0.4, -0.2) is 35.4 Å². The third kappa shape index (κ3) is 3.01. The van der Waals surface area contributed by atoms with E-state index in [9.17, 15) is 14.0 Å². The largest absolute Gasteiger partial charge is 0.358 e. The van der Waals surface area contributed by atoms with Gasteiger partial charge in [0.25, 0.3) is 0 Å². The minimum Gasteiger partial charge on any atom is -0.358 e. The van der Waals surface area contributed by atoms with Crippen LogP contribution in [0.4, 0.5) is 8.78 Å². The first-order valence-electron chi connectivity index (χ1n) is 10.00. The predicted molar refractivity (Wildman–Crippen MR) is 108 cm³/mol. The second kappa shape index (κ2) is 7.79. The SMILES string of the molecule is Cc1ccc2c(C#N)c(C3=CC=CCN3C(CF)CF)n(C3CCCC3)c2c1. The maximum Gasteiger partial charge on any atom is 0.112 e. The number of rotatable bonds is 5. The molecular weight excluding hydrogens is 356 g/mol. The highest BCUT2D eigenvalue weighted by molar-refractivity contribution is 5.93. The first-order chi connectivity index (χ1) is 13.7. The van der Waals surface area contributed by atoms with Gasteiger partial charge in [0.15, 0.2) is 0 Å². The van der Waals surface area contributed by atoms with Crippen molar-refractivity contribution in [1.29, 1.82) is 5.26 Å². The summed E-state index contributed by atoms with van der Waals surface area (Å²) in [4.78, 5) is 1.77. The van der Waals surface area contributed by atoms with Crippen molar-refractivity contribution < 1.29 is 8.78 Å². The van der Waals surface area contributed by atoms with E-state index < -0.39 is 19.4 Å². The van der Waals surface area contributed by atoms with E-state index in [2.05, 4.69) is 16.7 Å². The van der Waals surface area contributed by atoms with Gasteiger partial charge in [0.2, 0.25) is 0 Å². The van der Waals surface area contributed by atoms with Crippen LogP contribution in [0.2, 0.25) is 0 Å². The van der Waals surface area contributed by atoms with Gasteiger partial charge in [-0.1, -0.05) is 37.1 Å². The van der Waals surface area contributed by atoms with E-state index in [0.29, 0.717) is 18.2 Å². The number of fused-ring (bicyclic) bond motifs is 1. The predicted octanol–water partition coefficient (Wildman–Crippen LogP) is 5.46. The van der Waals surface area contributed by atoms with Gasteiger partial charge >= 0.3 is 0 Å². The van der Waals surface area contributed by atoms with Crippen molar-refractivity contribution in [3.8, 4) is 6.07 Å². The Morgan fingerprint density at radius 3 is 2.64 bits per heavy atom. The lowest BCUT2D eigenvalue weighted by atomic mass is 10.1. The molecule has 5 heteroatoms. The molecule has 3 nitrogen and oxygen atoms in total. The second-order valence-corrected chi connectivity index (χ2v) is 7.76. The zero-order valence-electron chi connectivity index (χ0n) is 16.2. The van der Waals surface area contributed by atoms with Gasteiger partial charge in [-0.3, -0.25) is 0 Å². The van der Waals surface area contributed by atoms with Crippen LogP contribution in [0.25, 0.3) is 16.6 Å². The van der Waals surface area contributed by atoms with Crippen LogP contribution in [0.15, 0.2) is 36.4 Å². The number of alkyl halides is 2. The number of nitriles is 1. The Morgan fingerprint density at radius 2 is 1.96 bits per heavy atom. The van der Waals surface area contributed by atoms with Gasteiger partial charge in [0.1, 0.15) is 19.4 Å². The van der Waals surface area contributed by atoms with Gasteiger partial charge in [-0.05, 0) is 37.5 Å². The molecule has 0 bridgehead atoms. The highest BCUT2D eigenvalue weighted by atomic mass is 19.1. The summed E-state index contributed by atoms with van der Waals surface area (Å²) in [5, 5.41) is 11.0. The molecule has 2 aliphatic rings. The quantitative estimate of drug-likeness (QED) is 0.689. The van der Waals surface area contributed by atoms with Crippen molar-refractivity contribution in [2.75, 3.05) is 19.9 Å². The summed E-state index contributed by atoms with van der Waals surface area (Å²) in [5.41, 5.74) is 4.35. The maximum absolute atomic E-state index is 13.6. The number of aryl methyl sites for hydroxylation is 1. The molecule has 0 unspecified atom stereocenters. The van der Waals surface area contributed by atoms with Gasteiger partial charge in [-0.25, -0.2) is 8.78 Å². The molecule has 28 heavy (non-hydrogen) atoms. The summed E-state index contributed by atoms with van der Waals surface area (Å²) >= 11 is 0. The molecule has 0 atom stereocenters. The molecule has 0 N–H and O–H groups in total. The Hall–Kier alpha value is -2.61. The van der Waals surface area contributed by atoms with E-state index in [0.717, 1.165) is 53.5 Å². The fraction of sp³-hybridized carbons (Fsp3) is 0.435.